The monoisotopic (exact) mass is 276 g/mol. The zero-order chi connectivity index (χ0) is 14.7. The Kier molecular flexibility index (Phi) is 4.37. The van der Waals surface area contributed by atoms with Crippen LogP contribution in [-0.4, -0.2) is 41.0 Å². The van der Waals surface area contributed by atoms with Gasteiger partial charge in [0.25, 0.3) is 5.91 Å². The number of likely N-dealkylation sites (tertiary alicyclic amines) is 1. The van der Waals surface area contributed by atoms with Gasteiger partial charge in [-0.25, -0.2) is 4.79 Å². The molecule has 0 radical (unpaired) electrons. The number of nitrogens with zero attached hydrogens (tertiary/aromatic N) is 2. The zero-order valence-electron chi connectivity index (χ0n) is 12.1. The number of amides is 1. The van der Waals surface area contributed by atoms with Crippen LogP contribution in [0.3, 0.4) is 0 Å². The lowest BCUT2D eigenvalue weighted by atomic mass is 9.87. The standard InChI is InChI=1S/C15H20N2O3/c1-10-8-11(2)17(13(9-10)15(19)20-3)14(18)12-6-4-5-7-16-12/h4-7,10-11,13H,8-9H2,1-3H3/t10?,11-,13?/m1/s1. The molecule has 2 unspecified atom stereocenters. The minimum Gasteiger partial charge on any atom is -0.467 e. The minimum atomic E-state index is -0.520. The van der Waals surface area contributed by atoms with E-state index in [9.17, 15) is 9.59 Å². The summed E-state index contributed by atoms with van der Waals surface area (Å²) >= 11 is 0. The molecule has 0 aromatic carbocycles. The Bertz CT molecular complexity index is 489. The summed E-state index contributed by atoms with van der Waals surface area (Å²) in [6.45, 7) is 4.06. The van der Waals surface area contributed by atoms with E-state index in [-0.39, 0.29) is 17.9 Å². The number of piperidine rings is 1. The van der Waals surface area contributed by atoms with E-state index < -0.39 is 6.04 Å². The molecule has 20 heavy (non-hydrogen) atoms. The van der Waals surface area contributed by atoms with E-state index in [0.29, 0.717) is 18.0 Å². The van der Waals surface area contributed by atoms with Crippen molar-refractivity contribution >= 4 is 11.9 Å². The number of methoxy groups -OCH3 is 1. The van der Waals surface area contributed by atoms with Crippen molar-refractivity contribution in [2.75, 3.05) is 7.11 Å². The maximum absolute atomic E-state index is 12.6. The molecule has 1 saturated heterocycles. The predicted octanol–water partition coefficient (Wildman–Crippen LogP) is 1.88. The first kappa shape index (κ1) is 14.5. The fourth-order valence-electron chi connectivity index (χ4n) is 2.90. The quantitative estimate of drug-likeness (QED) is 0.774. The number of hydrogen-bond donors (Lipinski definition) is 0. The molecule has 2 rings (SSSR count). The molecule has 0 saturated carbocycles. The molecule has 108 valence electrons. The van der Waals surface area contributed by atoms with Gasteiger partial charge in [-0.05, 0) is 37.8 Å². The Balaban J connectivity index is 2.29. The van der Waals surface area contributed by atoms with Crippen LogP contribution in [0.15, 0.2) is 24.4 Å². The second-order valence-electron chi connectivity index (χ2n) is 5.39. The summed E-state index contributed by atoms with van der Waals surface area (Å²) in [4.78, 5) is 30.3. The summed E-state index contributed by atoms with van der Waals surface area (Å²) in [7, 11) is 1.36. The lowest BCUT2D eigenvalue weighted by molar-refractivity contribution is -0.149. The molecule has 1 aromatic rings. The Labute approximate surface area is 118 Å². The highest BCUT2D eigenvalue weighted by Gasteiger charge is 2.40. The number of rotatable bonds is 2. The van der Waals surface area contributed by atoms with Crippen LogP contribution in [0.25, 0.3) is 0 Å². The van der Waals surface area contributed by atoms with Crippen LogP contribution < -0.4 is 0 Å². The fraction of sp³-hybridized carbons (Fsp3) is 0.533. The van der Waals surface area contributed by atoms with Crippen molar-refractivity contribution in [1.82, 2.24) is 9.88 Å². The third kappa shape index (κ3) is 2.81. The highest BCUT2D eigenvalue weighted by molar-refractivity contribution is 5.95. The number of hydrogen-bond acceptors (Lipinski definition) is 4. The average molecular weight is 276 g/mol. The molecule has 0 spiro atoms. The molecule has 2 heterocycles. The lowest BCUT2D eigenvalue weighted by Crippen LogP contribution is -2.54. The van der Waals surface area contributed by atoms with E-state index in [2.05, 4.69) is 11.9 Å². The van der Waals surface area contributed by atoms with Gasteiger partial charge in [0.15, 0.2) is 0 Å². The van der Waals surface area contributed by atoms with Gasteiger partial charge in [0.1, 0.15) is 11.7 Å². The molecule has 0 bridgehead atoms. The maximum Gasteiger partial charge on any atom is 0.328 e. The molecule has 1 aliphatic rings. The fourth-order valence-corrected chi connectivity index (χ4v) is 2.90. The van der Waals surface area contributed by atoms with Crippen LogP contribution in [0.2, 0.25) is 0 Å². The van der Waals surface area contributed by atoms with Gasteiger partial charge >= 0.3 is 5.97 Å². The van der Waals surface area contributed by atoms with Crippen LogP contribution >= 0.6 is 0 Å². The van der Waals surface area contributed by atoms with Crippen molar-refractivity contribution < 1.29 is 14.3 Å². The van der Waals surface area contributed by atoms with E-state index in [1.54, 1.807) is 29.3 Å². The number of aromatic nitrogens is 1. The SMILES string of the molecule is COC(=O)C1CC(C)C[C@@H](C)N1C(=O)c1ccccn1. The molecule has 1 aromatic heterocycles. The molecule has 1 amide bonds. The number of esters is 1. The third-order valence-electron chi connectivity index (χ3n) is 3.77. The molecule has 0 aliphatic carbocycles. The summed E-state index contributed by atoms with van der Waals surface area (Å²) in [6, 6.07) is 4.67. The van der Waals surface area contributed by atoms with E-state index >= 15 is 0 Å². The average Bonchev–Trinajstić information content (AvgIpc) is 2.46. The molecule has 1 fully saturated rings. The van der Waals surface area contributed by atoms with Crippen molar-refractivity contribution in [3.63, 3.8) is 0 Å². The van der Waals surface area contributed by atoms with Gasteiger partial charge < -0.3 is 9.64 Å². The molecular formula is C15H20N2O3. The van der Waals surface area contributed by atoms with Gasteiger partial charge in [-0.15, -0.1) is 0 Å². The first-order valence-electron chi connectivity index (χ1n) is 6.86. The molecule has 3 atom stereocenters. The highest BCUT2D eigenvalue weighted by Crippen LogP contribution is 2.29. The molecule has 5 nitrogen and oxygen atoms in total. The summed E-state index contributed by atoms with van der Waals surface area (Å²) in [5, 5.41) is 0. The Morgan fingerprint density at radius 1 is 1.30 bits per heavy atom. The molecule has 1 aliphatic heterocycles. The lowest BCUT2D eigenvalue weighted by Gasteiger charge is -2.41. The minimum absolute atomic E-state index is 0.00245. The summed E-state index contributed by atoms with van der Waals surface area (Å²) < 4.78 is 4.85. The van der Waals surface area contributed by atoms with Gasteiger partial charge in [0.2, 0.25) is 0 Å². The first-order valence-corrected chi connectivity index (χ1v) is 6.86. The van der Waals surface area contributed by atoms with Crippen molar-refractivity contribution in [1.29, 1.82) is 0 Å². The second-order valence-corrected chi connectivity index (χ2v) is 5.39. The van der Waals surface area contributed by atoms with E-state index in [1.807, 2.05) is 6.92 Å². The van der Waals surface area contributed by atoms with Crippen LogP contribution in [-0.2, 0) is 9.53 Å². The van der Waals surface area contributed by atoms with E-state index in [1.165, 1.54) is 7.11 Å². The van der Waals surface area contributed by atoms with Crippen LogP contribution in [0.5, 0.6) is 0 Å². The predicted molar refractivity (Wildman–Crippen MR) is 74.1 cm³/mol. The van der Waals surface area contributed by atoms with Gasteiger partial charge in [-0.3, -0.25) is 9.78 Å². The summed E-state index contributed by atoms with van der Waals surface area (Å²) in [5.74, 6) is -0.171. The number of carbonyl (C=O) groups is 2. The number of pyridine rings is 1. The molecule has 0 N–H and O–H groups in total. The first-order chi connectivity index (χ1) is 9.54. The summed E-state index contributed by atoms with van der Waals surface area (Å²) in [6.07, 6.45) is 3.10. The molecule has 5 heteroatoms. The van der Waals surface area contributed by atoms with E-state index in [4.69, 9.17) is 4.74 Å². The van der Waals surface area contributed by atoms with Crippen molar-refractivity contribution in [2.45, 2.75) is 38.8 Å². The van der Waals surface area contributed by atoms with Gasteiger partial charge in [-0.2, -0.15) is 0 Å². The van der Waals surface area contributed by atoms with E-state index in [0.717, 1.165) is 6.42 Å². The largest absolute Gasteiger partial charge is 0.467 e. The molecular weight excluding hydrogens is 256 g/mol. The Hall–Kier alpha value is -1.91. The van der Waals surface area contributed by atoms with Crippen LogP contribution in [0.1, 0.15) is 37.2 Å². The van der Waals surface area contributed by atoms with Crippen LogP contribution in [0.4, 0.5) is 0 Å². The van der Waals surface area contributed by atoms with Gasteiger partial charge in [0.05, 0.1) is 7.11 Å². The van der Waals surface area contributed by atoms with Gasteiger partial charge in [-0.1, -0.05) is 13.0 Å². The number of carbonyl (C=O) groups excluding carboxylic acids is 2. The van der Waals surface area contributed by atoms with Crippen LogP contribution in [0, 0.1) is 5.92 Å². The normalized spacial score (nSPS) is 26.1. The smallest absolute Gasteiger partial charge is 0.328 e. The number of ether oxygens (including phenoxy) is 1. The maximum atomic E-state index is 12.6. The highest BCUT2D eigenvalue weighted by atomic mass is 16.5. The third-order valence-corrected chi connectivity index (χ3v) is 3.77. The van der Waals surface area contributed by atoms with Crippen molar-refractivity contribution in [3.05, 3.63) is 30.1 Å². The Morgan fingerprint density at radius 3 is 2.65 bits per heavy atom. The van der Waals surface area contributed by atoms with Gasteiger partial charge in [0, 0.05) is 12.2 Å². The van der Waals surface area contributed by atoms with Crippen molar-refractivity contribution in [3.8, 4) is 0 Å². The Morgan fingerprint density at radius 2 is 2.05 bits per heavy atom. The van der Waals surface area contributed by atoms with Crippen molar-refractivity contribution in [2.24, 2.45) is 5.92 Å². The summed E-state index contributed by atoms with van der Waals surface area (Å²) in [5.41, 5.74) is 0.364. The topological polar surface area (TPSA) is 59.5 Å². The second kappa shape index (κ2) is 6.03. The zero-order valence-corrected chi connectivity index (χ0v) is 12.1.